The predicted molar refractivity (Wildman–Crippen MR) is 76.7 cm³/mol. The number of amides is 2. The Labute approximate surface area is 116 Å². The zero-order valence-corrected chi connectivity index (χ0v) is 12.4. The molecule has 1 saturated heterocycles. The lowest BCUT2D eigenvalue weighted by molar-refractivity contribution is -0.131. The minimum atomic E-state index is 0.0540. The van der Waals surface area contributed by atoms with E-state index >= 15 is 0 Å². The van der Waals surface area contributed by atoms with Crippen molar-refractivity contribution < 1.29 is 9.59 Å². The smallest absolute Gasteiger partial charge is 0.224 e. The molecule has 110 valence electrons. The summed E-state index contributed by atoms with van der Waals surface area (Å²) in [5, 5.41) is 2.87. The molecule has 0 aromatic heterocycles. The monoisotopic (exact) mass is 268 g/mol. The van der Waals surface area contributed by atoms with Crippen molar-refractivity contribution in [1.82, 2.24) is 10.2 Å². The van der Waals surface area contributed by atoms with E-state index in [0.717, 1.165) is 38.8 Å². The summed E-state index contributed by atoms with van der Waals surface area (Å²) in [5.74, 6) is 0.314. The molecule has 1 aliphatic rings. The Morgan fingerprint density at radius 2 is 1.79 bits per heavy atom. The van der Waals surface area contributed by atoms with Gasteiger partial charge in [-0.15, -0.1) is 0 Å². The fourth-order valence-electron chi connectivity index (χ4n) is 2.51. The average Bonchev–Trinajstić information content (AvgIpc) is 2.67. The average molecular weight is 268 g/mol. The van der Waals surface area contributed by atoms with Crippen LogP contribution >= 0.6 is 0 Å². The highest BCUT2D eigenvalue weighted by atomic mass is 16.2. The molecule has 19 heavy (non-hydrogen) atoms. The highest BCUT2D eigenvalue weighted by Gasteiger charge is 2.16. The van der Waals surface area contributed by atoms with Crippen molar-refractivity contribution >= 4 is 11.8 Å². The van der Waals surface area contributed by atoms with E-state index in [1.807, 2.05) is 11.8 Å². The van der Waals surface area contributed by atoms with Gasteiger partial charge in [0.1, 0.15) is 0 Å². The molecule has 0 aliphatic carbocycles. The maximum absolute atomic E-state index is 12.0. The number of rotatable bonds is 6. The van der Waals surface area contributed by atoms with Crippen LogP contribution in [0.3, 0.4) is 0 Å². The summed E-state index contributed by atoms with van der Waals surface area (Å²) in [6.45, 7) is 6.27. The van der Waals surface area contributed by atoms with E-state index < -0.39 is 0 Å². The first-order chi connectivity index (χ1) is 9.15. The van der Waals surface area contributed by atoms with Gasteiger partial charge in [-0.2, -0.15) is 0 Å². The number of carbonyl (C=O) groups excluding carboxylic acids is 2. The van der Waals surface area contributed by atoms with Gasteiger partial charge in [0.15, 0.2) is 0 Å². The van der Waals surface area contributed by atoms with Crippen molar-refractivity contribution in [3.63, 3.8) is 0 Å². The molecule has 0 aromatic rings. The molecule has 0 saturated carbocycles. The van der Waals surface area contributed by atoms with Gasteiger partial charge in [0.2, 0.25) is 11.8 Å². The minimum Gasteiger partial charge on any atom is -0.355 e. The molecule has 1 N–H and O–H groups in total. The van der Waals surface area contributed by atoms with Gasteiger partial charge in [-0.25, -0.2) is 0 Å². The molecular formula is C15H28N2O2. The van der Waals surface area contributed by atoms with E-state index in [1.54, 1.807) is 0 Å². The van der Waals surface area contributed by atoms with Crippen LogP contribution in [0.4, 0.5) is 0 Å². The number of hydrogen-bond acceptors (Lipinski definition) is 2. The lowest BCUT2D eigenvalue weighted by Crippen LogP contribution is -2.36. The molecule has 2 amide bonds. The first kappa shape index (κ1) is 16.0. The Balaban J connectivity index is 2.20. The summed E-state index contributed by atoms with van der Waals surface area (Å²) in [4.78, 5) is 25.7. The van der Waals surface area contributed by atoms with Crippen LogP contribution in [0.5, 0.6) is 0 Å². The molecule has 1 atom stereocenters. The van der Waals surface area contributed by atoms with Gasteiger partial charge in [0.05, 0.1) is 0 Å². The molecule has 4 nitrogen and oxygen atoms in total. The number of carbonyl (C=O) groups is 2. The summed E-state index contributed by atoms with van der Waals surface area (Å²) in [5.41, 5.74) is 0. The summed E-state index contributed by atoms with van der Waals surface area (Å²) in [7, 11) is 0. The zero-order chi connectivity index (χ0) is 14.1. The third-order valence-corrected chi connectivity index (χ3v) is 3.77. The minimum absolute atomic E-state index is 0.0540. The van der Waals surface area contributed by atoms with Crippen molar-refractivity contribution in [2.45, 2.75) is 58.8 Å². The second-order valence-electron chi connectivity index (χ2n) is 5.53. The largest absolute Gasteiger partial charge is 0.355 e. The van der Waals surface area contributed by atoms with Crippen LogP contribution in [0.15, 0.2) is 0 Å². The van der Waals surface area contributed by atoms with Crippen LogP contribution < -0.4 is 5.32 Å². The standard InChI is InChI=1S/C15H28N2O2/c1-3-8-13(2)15(19)16-10-9-14(18)17-11-6-4-5-7-12-17/h13H,3-12H2,1-2H3,(H,16,19)/t13-/m1/s1. The molecular weight excluding hydrogens is 240 g/mol. The molecule has 4 heteroatoms. The zero-order valence-electron chi connectivity index (χ0n) is 12.4. The van der Waals surface area contributed by atoms with Crippen LogP contribution in [0.2, 0.25) is 0 Å². The van der Waals surface area contributed by atoms with Gasteiger partial charge < -0.3 is 10.2 Å². The Bertz CT molecular complexity index is 284. The van der Waals surface area contributed by atoms with Gasteiger partial charge in [-0.1, -0.05) is 33.1 Å². The molecule has 1 heterocycles. The number of likely N-dealkylation sites (tertiary alicyclic amines) is 1. The van der Waals surface area contributed by atoms with Crippen molar-refractivity contribution in [2.24, 2.45) is 5.92 Å². The molecule has 1 aliphatic heterocycles. The SMILES string of the molecule is CCC[C@@H](C)C(=O)NCCC(=O)N1CCCCCC1. The van der Waals surface area contributed by atoms with E-state index in [4.69, 9.17) is 0 Å². The van der Waals surface area contributed by atoms with Crippen molar-refractivity contribution in [3.05, 3.63) is 0 Å². The number of nitrogens with zero attached hydrogens (tertiary/aromatic N) is 1. The van der Waals surface area contributed by atoms with Gasteiger partial charge >= 0.3 is 0 Å². The normalized spacial score (nSPS) is 17.7. The topological polar surface area (TPSA) is 49.4 Å². The van der Waals surface area contributed by atoms with Gasteiger partial charge in [-0.3, -0.25) is 9.59 Å². The molecule has 1 fully saturated rings. The van der Waals surface area contributed by atoms with Crippen molar-refractivity contribution in [2.75, 3.05) is 19.6 Å². The number of hydrogen-bond donors (Lipinski definition) is 1. The third kappa shape index (κ3) is 6.08. The van der Waals surface area contributed by atoms with E-state index in [0.29, 0.717) is 13.0 Å². The summed E-state index contributed by atoms with van der Waals surface area (Å²) >= 11 is 0. The molecule has 0 radical (unpaired) electrons. The van der Waals surface area contributed by atoms with E-state index in [-0.39, 0.29) is 17.7 Å². The van der Waals surface area contributed by atoms with Crippen LogP contribution in [0.1, 0.15) is 58.8 Å². The third-order valence-electron chi connectivity index (χ3n) is 3.77. The Kier molecular flexibility index (Phi) is 7.53. The van der Waals surface area contributed by atoms with Crippen LogP contribution in [0, 0.1) is 5.92 Å². The second-order valence-corrected chi connectivity index (χ2v) is 5.53. The predicted octanol–water partition coefficient (Wildman–Crippen LogP) is 2.33. The lowest BCUT2D eigenvalue weighted by atomic mass is 10.1. The van der Waals surface area contributed by atoms with E-state index in [2.05, 4.69) is 12.2 Å². The van der Waals surface area contributed by atoms with Crippen LogP contribution in [-0.2, 0) is 9.59 Å². The van der Waals surface area contributed by atoms with Gasteiger partial charge in [-0.05, 0) is 19.3 Å². The highest BCUT2D eigenvalue weighted by molar-refractivity contribution is 5.80. The lowest BCUT2D eigenvalue weighted by Gasteiger charge is -2.20. The van der Waals surface area contributed by atoms with Crippen molar-refractivity contribution in [3.8, 4) is 0 Å². The quantitative estimate of drug-likeness (QED) is 0.804. The maximum atomic E-state index is 12.0. The second kappa shape index (κ2) is 8.94. The van der Waals surface area contributed by atoms with Gasteiger partial charge in [0.25, 0.3) is 0 Å². The Morgan fingerprint density at radius 3 is 2.37 bits per heavy atom. The number of nitrogens with one attached hydrogen (secondary N) is 1. The molecule has 1 rings (SSSR count). The maximum Gasteiger partial charge on any atom is 0.224 e. The van der Waals surface area contributed by atoms with Crippen LogP contribution in [-0.4, -0.2) is 36.3 Å². The van der Waals surface area contributed by atoms with E-state index in [9.17, 15) is 9.59 Å². The molecule has 0 spiro atoms. The van der Waals surface area contributed by atoms with E-state index in [1.165, 1.54) is 12.8 Å². The van der Waals surface area contributed by atoms with Gasteiger partial charge in [0, 0.05) is 32.0 Å². The van der Waals surface area contributed by atoms with Crippen molar-refractivity contribution in [1.29, 1.82) is 0 Å². The highest BCUT2D eigenvalue weighted by Crippen LogP contribution is 2.10. The Hall–Kier alpha value is -1.06. The summed E-state index contributed by atoms with van der Waals surface area (Å²) in [6, 6.07) is 0. The Morgan fingerprint density at radius 1 is 1.16 bits per heavy atom. The molecule has 0 unspecified atom stereocenters. The van der Waals surface area contributed by atoms with Crippen LogP contribution in [0.25, 0.3) is 0 Å². The first-order valence-corrected chi connectivity index (χ1v) is 7.70. The summed E-state index contributed by atoms with van der Waals surface area (Å²) < 4.78 is 0. The molecule has 0 bridgehead atoms. The summed E-state index contributed by atoms with van der Waals surface area (Å²) in [6.07, 6.45) is 7.05. The molecule has 0 aromatic carbocycles. The fraction of sp³-hybridized carbons (Fsp3) is 0.867. The fourth-order valence-corrected chi connectivity index (χ4v) is 2.51. The first-order valence-electron chi connectivity index (χ1n) is 7.70.